The van der Waals surface area contributed by atoms with Crippen molar-refractivity contribution >= 4 is 17.8 Å². The second-order valence-corrected chi connectivity index (χ2v) is 5.83. The Labute approximate surface area is 125 Å². The largest absolute Gasteiger partial charge is 0.481 e. The summed E-state index contributed by atoms with van der Waals surface area (Å²) in [6.45, 7) is 0. The third-order valence-electron chi connectivity index (χ3n) is 4.63. The molecule has 2 fully saturated rings. The van der Waals surface area contributed by atoms with Crippen molar-refractivity contribution in [3.63, 3.8) is 0 Å². The van der Waals surface area contributed by atoms with Crippen LogP contribution in [-0.2, 0) is 9.59 Å². The average molecular weight is 305 g/mol. The third-order valence-corrected chi connectivity index (χ3v) is 4.63. The van der Waals surface area contributed by atoms with Crippen LogP contribution in [0.4, 0.5) is 0 Å². The molecular weight excluding hydrogens is 290 g/mol. The summed E-state index contributed by atoms with van der Waals surface area (Å²) in [5, 5.41) is 21.2. The lowest BCUT2D eigenvalue weighted by atomic mass is 9.90. The van der Waals surface area contributed by atoms with E-state index in [0.717, 1.165) is 0 Å². The molecular formula is C14H15N3O5. The predicted octanol–water partition coefficient (Wildman–Crippen LogP) is -0.687. The quantitative estimate of drug-likeness (QED) is 0.576. The molecule has 5 N–H and O–H groups in total. The molecule has 1 heterocycles. The van der Waals surface area contributed by atoms with E-state index < -0.39 is 47.2 Å². The standard InChI is InChI=1S/C14H15N3O5/c15-14(13(21)22)5-7(8-9(10(8)14)12(19)20)17-11(18)6-1-3-16-4-2-6/h1-4,7-10H,5,15H2,(H,17,18)(H,19,20)(H,21,22)/t7-,8-,9-,10+,14-/m1/s1. The Morgan fingerprint density at radius 1 is 1.27 bits per heavy atom. The van der Waals surface area contributed by atoms with Gasteiger partial charge in [-0.15, -0.1) is 0 Å². The van der Waals surface area contributed by atoms with Gasteiger partial charge in [0, 0.05) is 29.9 Å². The Morgan fingerprint density at radius 3 is 2.45 bits per heavy atom. The molecule has 0 aromatic carbocycles. The van der Waals surface area contributed by atoms with Gasteiger partial charge in [-0.2, -0.15) is 0 Å². The van der Waals surface area contributed by atoms with Gasteiger partial charge in [0.15, 0.2) is 0 Å². The summed E-state index contributed by atoms with van der Waals surface area (Å²) in [5.41, 5.74) is 4.67. The van der Waals surface area contributed by atoms with E-state index >= 15 is 0 Å². The monoisotopic (exact) mass is 305 g/mol. The van der Waals surface area contributed by atoms with Crippen molar-refractivity contribution in [2.24, 2.45) is 23.5 Å². The summed E-state index contributed by atoms with van der Waals surface area (Å²) in [7, 11) is 0. The molecule has 1 aromatic rings. The fourth-order valence-corrected chi connectivity index (χ4v) is 3.59. The van der Waals surface area contributed by atoms with E-state index in [1.54, 1.807) is 0 Å². The number of aliphatic carboxylic acids is 2. The van der Waals surface area contributed by atoms with Gasteiger partial charge in [-0.05, 0) is 24.5 Å². The van der Waals surface area contributed by atoms with Gasteiger partial charge in [0.1, 0.15) is 5.54 Å². The minimum Gasteiger partial charge on any atom is -0.481 e. The van der Waals surface area contributed by atoms with Gasteiger partial charge in [0.05, 0.1) is 5.92 Å². The van der Waals surface area contributed by atoms with E-state index in [4.69, 9.17) is 5.73 Å². The summed E-state index contributed by atoms with van der Waals surface area (Å²) in [6.07, 6.45) is 2.96. The van der Waals surface area contributed by atoms with Crippen LogP contribution in [0.2, 0.25) is 0 Å². The van der Waals surface area contributed by atoms with Gasteiger partial charge < -0.3 is 21.3 Å². The molecule has 1 aromatic heterocycles. The molecule has 1 amide bonds. The number of carboxylic acid groups (broad SMARTS) is 2. The predicted molar refractivity (Wildman–Crippen MR) is 72.8 cm³/mol. The molecule has 0 unspecified atom stereocenters. The number of carbonyl (C=O) groups is 3. The Balaban J connectivity index is 1.79. The Hall–Kier alpha value is -2.48. The highest BCUT2D eigenvalue weighted by Crippen LogP contribution is 2.61. The Kier molecular flexibility index (Phi) is 3.13. The van der Waals surface area contributed by atoms with Gasteiger partial charge in [-0.25, -0.2) is 0 Å². The minimum atomic E-state index is -1.61. The van der Waals surface area contributed by atoms with Gasteiger partial charge in [-0.1, -0.05) is 0 Å². The topological polar surface area (TPSA) is 143 Å². The highest BCUT2D eigenvalue weighted by Gasteiger charge is 2.74. The molecule has 22 heavy (non-hydrogen) atoms. The third kappa shape index (κ3) is 2.03. The number of nitrogens with zero attached hydrogens (tertiary/aromatic N) is 1. The molecule has 2 aliphatic carbocycles. The maximum Gasteiger partial charge on any atom is 0.324 e. The number of carbonyl (C=O) groups excluding carboxylic acids is 1. The molecule has 0 radical (unpaired) electrons. The molecule has 2 aliphatic rings. The lowest BCUT2D eigenvalue weighted by Crippen LogP contribution is -2.52. The smallest absolute Gasteiger partial charge is 0.324 e. The maximum absolute atomic E-state index is 12.1. The summed E-state index contributed by atoms with van der Waals surface area (Å²) >= 11 is 0. The van der Waals surface area contributed by atoms with Crippen molar-refractivity contribution < 1.29 is 24.6 Å². The molecule has 2 saturated carbocycles. The Bertz CT molecular complexity index is 649. The second kappa shape index (κ2) is 4.77. The lowest BCUT2D eigenvalue weighted by Gasteiger charge is -2.25. The molecule has 8 heteroatoms. The molecule has 8 nitrogen and oxygen atoms in total. The van der Waals surface area contributed by atoms with E-state index in [0.29, 0.717) is 5.56 Å². The van der Waals surface area contributed by atoms with Crippen LogP contribution >= 0.6 is 0 Å². The van der Waals surface area contributed by atoms with Crippen LogP contribution in [0.5, 0.6) is 0 Å². The second-order valence-electron chi connectivity index (χ2n) is 5.83. The molecule has 116 valence electrons. The van der Waals surface area contributed by atoms with Crippen molar-refractivity contribution in [1.82, 2.24) is 10.3 Å². The number of aromatic nitrogens is 1. The van der Waals surface area contributed by atoms with Crippen molar-refractivity contribution in [2.45, 2.75) is 18.0 Å². The zero-order valence-electron chi connectivity index (χ0n) is 11.5. The van der Waals surface area contributed by atoms with Crippen LogP contribution in [0, 0.1) is 17.8 Å². The number of carboxylic acids is 2. The number of fused-ring (bicyclic) bond motifs is 1. The number of amides is 1. The normalized spacial score (nSPS) is 35.5. The molecule has 0 saturated heterocycles. The number of nitrogens with one attached hydrogen (secondary N) is 1. The van der Waals surface area contributed by atoms with Crippen LogP contribution in [0.25, 0.3) is 0 Å². The number of rotatable bonds is 4. The summed E-state index contributed by atoms with van der Waals surface area (Å²) in [5.74, 6) is -4.61. The van der Waals surface area contributed by atoms with Gasteiger partial charge in [-0.3, -0.25) is 19.4 Å². The molecule has 0 spiro atoms. The van der Waals surface area contributed by atoms with Crippen molar-refractivity contribution in [1.29, 1.82) is 0 Å². The van der Waals surface area contributed by atoms with E-state index in [2.05, 4.69) is 10.3 Å². The number of hydrogen-bond acceptors (Lipinski definition) is 5. The SMILES string of the molecule is N[C@]1(C(=O)O)C[C@@H](NC(=O)c2ccncc2)[C@@H]2[C@@H](C(=O)O)[C@H]21. The van der Waals surface area contributed by atoms with E-state index in [1.165, 1.54) is 24.5 Å². The summed E-state index contributed by atoms with van der Waals surface area (Å²) in [4.78, 5) is 38.6. The van der Waals surface area contributed by atoms with Crippen LogP contribution < -0.4 is 11.1 Å². The zero-order chi connectivity index (χ0) is 16.1. The average Bonchev–Trinajstić information content (AvgIpc) is 3.17. The number of hydrogen-bond donors (Lipinski definition) is 4. The highest BCUT2D eigenvalue weighted by molar-refractivity contribution is 5.95. The van der Waals surface area contributed by atoms with Crippen LogP contribution in [-0.4, -0.2) is 44.6 Å². The number of nitrogens with two attached hydrogens (primary N) is 1. The van der Waals surface area contributed by atoms with Crippen molar-refractivity contribution in [3.8, 4) is 0 Å². The van der Waals surface area contributed by atoms with Crippen molar-refractivity contribution in [3.05, 3.63) is 30.1 Å². The van der Waals surface area contributed by atoms with E-state index in [-0.39, 0.29) is 6.42 Å². The van der Waals surface area contributed by atoms with Crippen molar-refractivity contribution in [2.75, 3.05) is 0 Å². The molecule has 0 bridgehead atoms. The zero-order valence-corrected chi connectivity index (χ0v) is 11.5. The van der Waals surface area contributed by atoms with Crippen LogP contribution in [0.1, 0.15) is 16.8 Å². The first-order chi connectivity index (χ1) is 10.4. The van der Waals surface area contributed by atoms with Crippen LogP contribution in [0.15, 0.2) is 24.5 Å². The fraction of sp³-hybridized carbons (Fsp3) is 0.429. The summed E-state index contributed by atoms with van der Waals surface area (Å²) < 4.78 is 0. The molecule has 3 rings (SSSR count). The van der Waals surface area contributed by atoms with Gasteiger partial charge >= 0.3 is 11.9 Å². The maximum atomic E-state index is 12.1. The van der Waals surface area contributed by atoms with E-state index in [1.807, 2.05) is 0 Å². The number of pyridine rings is 1. The van der Waals surface area contributed by atoms with Gasteiger partial charge in [0.2, 0.25) is 0 Å². The van der Waals surface area contributed by atoms with Crippen LogP contribution in [0.3, 0.4) is 0 Å². The highest BCUT2D eigenvalue weighted by atomic mass is 16.4. The summed E-state index contributed by atoms with van der Waals surface area (Å²) in [6, 6.07) is 2.49. The lowest BCUT2D eigenvalue weighted by molar-refractivity contribution is -0.145. The Morgan fingerprint density at radius 2 is 1.91 bits per heavy atom. The molecule has 0 aliphatic heterocycles. The van der Waals surface area contributed by atoms with Gasteiger partial charge in [0.25, 0.3) is 5.91 Å². The fourth-order valence-electron chi connectivity index (χ4n) is 3.59. The first-order valence-corrected chi connectivity index (χ1v) is 6.82. The first-order valence-electron chi connectivity index (χ1n) is 6.82. The minimum absolute atomic E-state index is 0.0261. The van der Waals surface area contributed by atoms with E-state index in [9.17, 15) is 24.6 Å². The first kappa shape index (κ1) is 14.5. The molecule has 5 atom stereocenters.